The van der Waals surface area contributed by atoms with E-state index in [1.165, 1.54) is 10.3 Å². The van der Waals surface area contributed by atoms with Crippen LogP contribution in [-0.2, 0) is 0 Å². The monoisotopic (exact) mass is 180 g/mol. The fourth-order valence-corrected chi connectivity index (χ4v) is 1.32. The second-order valence-corrected chi connectivity index (χ2v) is 4.04. The van der Waals surface area contributed by atoms with Crippen LogP contribution in [0.1, 0.15) is 50.8 Å². The normalized spacial score (nSPS) is 11.2. The van der Waals surface area contributed by atoms with E-state index in [0.717, 1.165) is 5.69 Å². The summed E-state index contributed by atoms with van der Waals surface area (Å²) in [6.07, 6.45) is 1.71. The molecule has 0 unspecified atom stereocenters. The number of pyridine rings is 1. The highest BCUT2D eigenvalue weighted by molar-refractivity contribution is 5.17. The molecule has 1 rings (SSSR count). The van der Waals surface area contributed by atoms with Crippen molar-refractivity contribution in [3.05, 3.63) is 29.6 Å². The molecule has 0 aliphatic heterocycles. The molecule has 0 fully saturated rings. The molecule has 1 heterocycles. The molecule has 0 aliphatic carbocycles. The third kappa shape index (κ3) is 2.20. The second-order valence-electron chi connectivity index (χ2n) is 4.04. The molecular weight excluding hydrogens is 162 g/mol. The van der Waals surface area contributed by atoms with Crippen molar-refractivity contribution >= 4 is 0 Å². The third-order valence-corrected chi connectivity index (χ3v) is 2.25. The molecule has 0 saturated carbocycles. The lowest BCUT2D eigenvalue weighted by atomic mass is 10.0. The van der Waals surface area contributed by atoms with Crippen molar-refractivity contribution in [2.75, 3.05) is 0 Å². The van der Waals surface area contributed by atoms with E-state index < -0.39 is 0 Å². The zero-order valence-electron chi connectivity index (χ0n) is 8.78. The Labute approximate surface area is 79.8 Å². The number of aromatic nitrogens is 1. The van der Waals surface area contributed by atoms with Crippen molar-refractivity contribution in [2.24, 2.45) is 0 Å². The average Bonchev–Trinajstić information content (AvgIpc) is 2.04. The van der Waals surface area contributed by atoms with Crippen LogP contribution in [0.2, 0.25) is 0 Å². The summed E-state index contributed by atoms with van der Waals surface area (Å²) in [7, 11) is 0. The van der Waals surface area contributed by atoms with Crippen molar-refractivity contribution < 1.29 is 9.94 Å². The van der Waals surface area contributed by atoms with Gasteiger partial charge < -0.3 is 0 Å². The van der Waals surface area contributed by atoms with Gasteiger partial charge >= 0.3 is 0 Å². The summed E-state index contributed by atoms with van der Waals surface area (Å²) in [4.78, 5) is 0. The number of hydrogen-bond donors (Lipinski definition) is 1. The highest BCUT2D eigenvalue weighted by Crippen LogP contribution is 2.17. The van der Waals surface area contributed by atoms with Gasteiger partial charge in [-0.2, -0.15) is 0 Å². The van der Waals surface area contributed by atoms with E-state index in [9.17, 15) is 5.21 Å². The Morgan fingerprint density at radius 2 is 1.77 bits per heavy atom. The summed E-state index contributed by atoms with van der Waals surface area (Å²) in [5.41, 5.74) is 2.24. The topological polar surface area (TPSA) is 24.1 Å². The minimum absolute atomic E-state index is 0.351. The maximum absolute atomic E-state index is 9.50. The molecule has 0 aliphatic rings. The lowest BCUT2D eigenvalue weighted by Crippen LogP contribution is -2.35. The van der Waals surface area contributed by atoms with E-state index in [1.54, 1.807) is 6.20 Å². The van der Waals surface area contributed by atoms with Crippen molar-refractivity contribution in [1.29, 1.82) is 0 Å². The fourth-order valence-electron chi connectivity index (χ4n) is 1.32. The van der Waals surface area contributed by atoms with Crippen LogP contribution in [0.3, 0.4) is 0 Å². The Balaban J connectivity index is 3.11. The summed E-state index contributed by atoms with van der Waals surface area (Å²) in [6.45, 7) is 8.46. The summed E-state index contributed by atoms with van der Waals surface area (Å²) in [5.74, 6) is 0.863. The van der Waals surface area contributed by atoms with Gasteiger partial charge in [0.05, 0.1) is 0 Å². The molecule has 1 aromatic rings. The van der Waals surface area contributed by atoms with E-state index in [-0.39, 0.29) is 0 Å². The zero-order chi connectivity index (χ0) is 10.0. The molecule has 0 aromatic carbocycles. The largest absolute Gasteiger partial charge is 0.285 e. The Morgan fingerprint density at radius 3 is 2.23 bits per heavy atom. The van der Waals surface area contributed by atoms with Crippen LogP contribution in [0, 0.1) is 0 Å². The SMILES string of the molecule is CC(C)c1cc[n+](O)c(C(C)C)c1. The molecular formula is C11H18NO+. The predicted molar refractivity (Wildman–Crippen MR) is 52.0 cm³/mol. The zero-order valence-corrected chi connectivity index (χ0v) is 8.78. The summed E-state index contributed by atoms with van der Waals surface area (Å²) in [5, 5.41) is 9.50. The predicted octanol–water partition coefficient (Wildman–Crippen LogP) is 2.46. The first-order valence-corrected chi connectivity index (χ1v) is 4.77. The molecule has 2 heteroatoms. The Hall–Kier alpha value is -1.05. The molecule has 0 bridgehead atoms. The summed E-state index contributed by atoms with van der Waals surface area (Å²) < 4.78 is 1.20. The standard InChI is InChI=1S/C11H18NO/c1-8(2)10-5-6-12(13)11(7-10)9(3)4/h5-9,13H,1-4H3/q+1. The second kappa shape index (κ2) is 3.77. The van der Waals surface area contributed by atoms with Gasteiger partial charge in [0.15, 0.2) is 0 Å². The Bertz CT molecular complexity index is 292. The van der Waals surface area contributed by atoms with Crippen LogP contribution in [0.4, 0.5) is 0 Å². The van der Waals surface area contributed by atoms with Crippen LogP contribution in [-0.4, -0.2) is 5.21 Å². The molecule has 72 valence electrons. The molecule has 2 nitrogen and oxygen atoms in total. The van der Waals surface area contributed by atoms with Gasteiger partial charge in [0.25, 0.3) is 0 Å². The Morgan fingerprint density at radius 1 is 1.15 bits per heavy atom. The lowest BCUT2D eigenvalue weighted by molar-refractivity contribution is -0.910. The lowest BCUT2D eigenvalue weighted by Gasteiger charge is -2.06. The first-order valence-electron chi connectivity index (χ1n) is 4.77. The maximum Gasteiger partial charge on any atom is 0.236 e. The van der Waals surface area contributed by atoms with Crippen molar-refractivity contribution in [1.82, 2.24) is 0 Å². The van der Waals surface area contributed by atoms with Crippen LogP contribution in [0.15, 0.2) is 18.3 Å². The highest BCUT2D eigenvalue weighted by atomic mass is 16.5. The Kier molecular flexibility index (Phi) is 2.91. The van der Waals surface area contributed by atoms with Gasteiger partial charge in [0.2, 0.25) is 11.9 Å². The summed E-state index contributed by atoms with van der Waals surface area (Å²) in [6, 6.07) is 4.02. The molecule has 0 radical (unpaired) electrons. The van der Waals surface area contributed by atoms with Gasteiger partial charge in [-0.25, -0.2) is 0 Å². The fraction of sp³-hybridized carbons (Fsp3) is 0.545. The van der Waals surface area contributed by atoms with E-state index >= 15 is 0 Å². The molecule has 0 saturated heterocycles. The summed E-state index contributed by atoms with van der Waals surface area (Å²) >= 11 is 0. The molecule has 1 N–H and O–H groups in total. The van der Waals surface area contributed by atoms with Crippen LogP contribution < -0.4 is 4.73 Å². The maximum atomic E-state index is 9.50. The highest BCUT2D eigenvalue weighted by Gasteiger charge is 2.15. The van der Waals surface area contributed by atoms with Gasteiger partial charge in [-0.1, -0.05) is 27.7 Å². The van der Waals surface area contributed by atoms with Gasteiger partial charge in [0, 0.05) is 22.8 Å². The smallest absolute Gasteiger partial charge is 0.236 e. The molecule has 1 aromatic heterocycles. The van der Waals surface area contributed by atoms with E-state index in [0.29, 0.717) is 11.8 Å². The van der Waals surface area contributed by atoms with Crippen LogP contribution in [0.25, 0.3) is 0 Å². The molecule has 0 atom stereocenters. The molecule has 13 heavy (non-hydrogen) atoms. The number of hydrogen-bond acceptors (Lipinski definition) is 1. The van der Waals surface area contributed by atoms with E-state index in [4.69, 9.17) is 0 Å². The van der Waals surface area contributed by atoms with Gasteiger partial charge in [-0.05, 0) is 11.5 Å². The minimum atomic E-state index is 0.351. The van der Waals surface area contributed by atoms with Crippen molar-refractivity contribution in [3.8, 4) is 0 Å². The molecule has 0 spiro atoms. The van der Waals surface area contributed by atoms with Gasteiger partial charge in [-0.15, -0.1) is 0 Å². The van der Waals surface area contributed by atoms with Crippen LogP contribution in [0.5, 0.6) is 0 Å². The van der Waals surface area contributed by atoms with E-state index in [1.807, 2.05) is 6.07 Å². The molecule has 0 amide bonds. The number of nitrogens with zero attached hydrogens (tertiary/aromatic N) is 1. The quantitative estimate of drug-likeness (QED) is 0.548. The number of rotatable bonds is 2. The first kappa shape index (κ1) is 10.0. The minimum Gasteiger partial charge on any atom is -0.285 e. The van der Waals surface area contributed by atoms with Gasteiger partial charge in [0.1, 0.15) is 0 Å². The van der Waals surface area contributed by atoms with E-state index in [2.05, 4.69) is 33.8 Å². The van der Waals surface area contributed by atoms with Gasteiger partial charge in [-0.3, -0.25) is 5.21 Å². The van der Waals surface area contributed by atoms with Crippen LogP contribution >= 0.6 is 0 Å². The first-order chi connectivity index (χ1) is 6.02. The average molecular weight is 180 g/mol. The third-order valence-electron chi connectivity index (χ3n) is 2.25. The van der Waals surface area contributed by atoms with Crippen molar-refractivity contribution in [2.45, 2.75) is 39.5 Å². The van der Waals surface area contributed by atoms with Crippen molar-refractivity contribution in [3.63, 3.8) is 0 Å².